The molecule has 1 aromatic carbocycles. The highest BCUT2D eigenvalue weighted by Gasteiger charge is 2.19. The van der Waals surface area contributed by atoms with Gasteiger partial charge in [0.1, 0.15) is 0 Å². The molecular weight excluding hydrogens is 240 g/mol. The maximum atomic E-state index is 8.75. The van der Waals surface area contributed by atoms with E-state index in [9.17, 15) is 0 Å². The van der Waals surface area contributed by atoms with Crippen LogP contribution in [0.3, 0.4) is 0 Å². The third kappa shape index (κ3) is 3.93. The van der Waals surface area contributed by atoms with Gasteiger partial charge in [-0.25, -0.2) is 0 Å². The fourth-order valence-electron chi connectivity index (χ4n) is 2.49. The Balaban J connectivity index is 1.87. The van der Waals surface area contributed by atoms with Crippen molar-refractivity contribution in [3.63, 3.8) is 0 Å². The second kappa shape index (κ2) is 6.89. The monoisotopic (exact) mass is 264 g/mol. The second-order valence-electron chi connectivity index (χ2n) is 5.16. The molecule has 0 radical (unpaired) electrons. The lowest BCUT2D eigenvalue weighted by molar-refractivity contribution is 0.0159. The van der Waals surface area contributed by atoms with Crippen LogP contribution in [0.4, 0.5) is 5.69 Å². The molecule has 0 amide bonds. The Labute approximate surface area is 115 Å². The minimum atomic E-state index is 0.0895. The fraction of sp³-hybridized carbons (Fsp3) is 0.600. The lowest BCUT2D eigenvalue weighted by atomic mass is 10.1. The van der Waals surface area contributed by atoms with Crippen molar-refractivity contribution in [2.75, 3.05) is 31.2 Å². The molecule has 1 aliphatic rings. The van der Waals surface area contributed by atoms with Crippen LogP contribution in [0.1, 0.15) is 31.4 Å². The molecule has 1 atom stereocenters. The van der Waals surface area contributed by atoms with E-state index in [0.717, 1.165) is 25.9 Å². The van der Waals surface area contributed by atoms with Gasteiger partial charge in [0, 0.05) is 24.8 Å². The molecule has 1 saturated heterocycles. The minimum Gasteiger partial charge on any atom is -0.394 e. The van der Waals surface area contributed by atoms with Crippen LogP contribution >= 0.6 is 0 Å². The van der Waals surface area contributed by atoms with Gasteiger partial charge in [-0.05, 0) is 37.5 Å². The first kappa shape index (κ1) is 14.3. The maximum absolute atomic E-state index is 8.75. The standard InChI is InChI=1S/C15H24N2O2/c1-12(16)13-2-4-14(5-3-13)17-8-6-15(7-9-17)19-11-10-18/h2-5,12,15,18H,6-11,16H2,1H3. The van der Waals surface area contributed by atoms with Gasteiger partial charge in [0.2, 0.25) is 0 Å². The molecule has 0 aliphatic carbocycles. The zero-order chi connectivity index (χ0) is 13.7. The highest BCUT2D eigenvalue weighted by Crippen LogP contribution is 2.23. The smallest absolute Gasteiger partial charge is 0.0701 e. The van der Waals surface area contributed by atoms with Crippen LogP contribution in [0.15, 0.2) is 24.3 Å². The Kier molecular flexibility index (Phi) is 5.19. The van der Waals surface area contributed by atoms with Gasteiger partial charge in [-0.1, -0.05) is 12.1 Å². The molecule has 19 heavy (non-hydrogen) atoms. The van der Waals surface area contributed by atoms with Crippen LogP contribution < -0.4 is 10.6 Å². The SMILES string of the molecule is CC(N)c1ccc(N2CCC(OCCO)CC2)cc1. The summed E-state index contributed by atoms with van der Waals surface area (Å²) in [7, 11) is 0. The highest BCUT2D eigenvalue weighted by molar-refractivity contribution is 5.48. The van der Waals surface area contributed by atoms with Crippen LogP contribution in [-0.4, -0.2) is 37.5 Å². The van der Waals surface area contributed by atoms with Crippen molar-refractivity contribution in [2.24, 2.45) is 5.73 Å². The number of nitrogens with two attached hydrogens (primary N) is 1. The number of anilines is 1. The highest BCUT2D eigenvalue weighted by atomic mass is 16.5. The molecule has 1 unspecified atom stereocenters. The quantitative estimate of drug-likeness (QED) is 0.849. The van der Waals surface area contributed by atoms with E-state index in [-0.39, 0.29) is 12.6 Å². The summed E-state index contributed by atoms with van der Waals surface area (Å²) in [5, 5.41) is 8.75. The number of benzene rings is 1. The van der Waals surface area contributed by atoms with Gasteiger partial charge >= 0.3 is 0 Å². The van der Waals surface area contributed by atoms with Gasteiger partial charge in [-0.2, -0.15) is 0 Å². The Hall–Kier alpha value is -1.10. The zero-order valence-corrected chi connectivity index (χ0v) is 11.6. The predicted octanol–water partition coefficient (Wildman–Crippen LogP) is 1.68. The average molecular weight is 264 g/mol. The first-order valence-corrected chi connectivity index (χ1v) is 7.03. The van der Waals surface area contributed by atoms with E-state index >= 15 is 0 Å². The molecular formula is C15H24N2O2. The van der Waals surface area contributed by atoms with Crippen molar-refractivity contribution in [1.29, 1.82) is 0 Å². The molecule has 0 spiro atoms. The summed E-state index contributed by atoms with van der Waals surface area (Å²) in [4.78, 5) is 2.38. The van der Waals surface area contributed by atoms with E-state index in [4.69, 9.17) is 15.6 Å². The largest absolute Gasteiger partial charge is 0.394 e. The van der Waals surface area contributed by atoms with Gasteiger partial charge in [0.15, 0.2) is 0 Å². The van der Waals surface area contributed by atoms with E-state index in [2.05, 4.69) is 29.2 Å². The van der Waals surface area contributed by atoms with Crippen molar-refractivity contribution >= 4 is 5.69 Å². The van der Waals surface area contributed by atoms with Crippen LogP contribution in [0.2, 0.25) is 0 Å². The first-order valence-electron chi connectivity index (χ1n) is 7.03. The molecule has 2 rings (SSSR count). The summed E-state index contributed by atoms with van der Waals surface area (Å²) in [6, 6.07) is 8.59. The number of hydrogen-bond donors (Lipinski definition) is 2. The first-order chi connectivity index (χ1) is 9.20. The van der Waals surface area contributed by atoms with E-state index in [1.54, 1.807) is 0 Å². The molecule has 0 bridgehead atoms. The Morgan fingerprint density at radius 3 is 2.47 bits per heavy atom. The third-order valence-electron chi connectivity index (χ3n) is 3.67. The molecule has 0 aromatic heterocycles. The van der Waals surface area contributed by atoms with Gasteiger partial charge < -0.3 is 20.5 Å². The van der Waals surface area contributed by atoms with Crippen molar-refractivity contribution in [3.8, 4) is 0 Å². The van der Waals surface area contributed by atoms with Crippen molar-refractivity contribution in [1.82, 2.24) is 0 Å². The summed E-state index contributed by atoms with van der Waals surface area (Å²) in [6.07, 6.45) is 2.34. The molecule has 4 nitrogen and oxygen atoms in total. The van der Waals surface area contributed by atoms with Gasteiger partial charge in [0.25, 0.3) is 0 Å². The normalized spacial score (nSPS) is 18.6. The topological polar surface area (TPSA) is 58.7 Å². The molecule has 106 valence electrons. The van der Waals surface area contributed by atoms with Crippen molar-refractivity contribution in [3.05, 3.63) is 29.8 Å². The number of aliphatic hydroxyl groups excluding tert-OH is 1. The molecule has 4 heteroatoms. The van der Waals surface area contributed by atoms with Crippen LogP contribution in [0.5, 0.6) is 0 Å². The lowest BCUT2D eigenvalue weighted by Gasteiger charge is -2.33. The average Bonchev–Trinajstić information content (AvgIpc) is 2.46. The fourth-order valence-corrected chi connectivity index (χ4v) is 2.49. The predicted molar refractivity (Wildman–Crippen MR) is 77.3 cm³/mol. The third-order valence-corrected chi connectivity index (χ3v) is 3.67. The number of aliphatic hydroxyl groups is 1. The summed E-state index contributed by atoms with van der Waals surface area (Å²) in [5.41, 5.74) is 8.28. The molecule has 1 fully saturated rings. The number of ether oxygens (including phenoxy) is 1. The lowest BCUT2D eigenvalue weighted by Crippen LogP contribution is -2.37. The van der Waals surface area contributed by atoms with Gasteiger partial charge in [0.05, 0.1) is 19.3 Å². The van der Waals surface area contributed by atoms with Gasteiger partial charge in [-0.15, -0.1) is 0 Å². The van der Waals surface area contributed by atoms with E-state index < -0.39 is 0 Å². The zero-order valence-electron chi connectivity index (χ0n) is 11.6. The summed E-state index contributed by atoms with van der Waals surface area (Å²) >= 11 is 0. The number of nitrogens with zero attached hydrogens (tertiary/aromatic N) is 1. The van der Waals surface area contributed by atoms with Crippen molar-refractivity contribution in [2.45, 2.75) is 31.9 Å². The maximum Gasteiger partial charge on any atom is 0.0701 e. The van der Waals surface area contributed by atoms with Crippen molar-refractivity contribution < 1.29 is 9.84 Å². The Bertz CT molecular complexity index is 370. The second-order valence-corrected chi connectivity index (χ2v) is 5.16. The molecule has 1 aliphatic heterocycles. The minimum absolute atomic E-state index is 0.0895. The summed E-state index contributed by atoms with van der Waals surface area (Å²) in [5.74, 6) is 0. The number of hydrogen-bond acceptors (Lipinski definition) is 4. The molecule has 3 N–H and O–H groups in total. The molecule has 1 heterocycles. The summed E-state index contributed by atoms with van der Waals surface area (Å²) < 4.78 is 5.57. The van der Waals surface area contributed by atoms with E-state index in [0.29, 0.717) is 12.7 Å². The Morgan fingerprint density at radius 2 is 1.95 bits per heavy atom. The van der Waals surface area contributed by atoms with E-state index in [1.807, 2.05) is 6.92 Å². The summed E-state index contributed by atoms with van der Waals surface area (Å²) in [6.45, 7) is 4.58. The Morgan fingerprint density at radius 1 is 1.32 bits per heavy atom. The van der Waals surface area contributed by atoms with Crippen LogP contribution in [0, 0.1) is 0 Å². The number of piperidine rings is 1. The van der Waals surface area contributed by atoms with Crippen LogP contribution in [0.25, 0.3) is 0 Å². The number of rotatable bonds is 5. The van der Waals surface area contributed by atoms with E-state index in [1.165, 1.54) is 11.3 Å². The van der Waals surface area contributed by atoms with Crippen LogP contribution in [-0.2, 0) is 4.74 Å². The molecule has 0 saturated carbocycles. The molecule has 1 aromatic rings. The van der Waals surface area contributed by atoms with Gasteiger partial charge in [-0.3, -0.25) is 0 Å².